The Morgan fingerprint density at radius 1 is 1.45 bits per heavy atom. The third kappa shape index (κ3) is 3.09. The zero-order valence-corrected chi connectivity index (χ0v) is 13.0. The summed E-state index contributed by atoms with van der Waals surface area (Å²) in [5, 5.41) is 9.79. The number of rotatable bonds is 5. The maximum atomic E-state index is 11.0. The van der Waals surface area contributed by atoms with Crippen LogP contribution in [0.25, 0.3) is 0 Å². The molecule has 110 valence electrons. The number of aryl methyl sites for hydroxylation is 1. The van der Waals surface area contributed by atoms with Crippen LogP contribution in [0.1, 0.15) is 56.6 Å². The van der Waals surface area contributed by atoms with Crippen molar-refractivity contribution >= 4 is 17.6 Å². The smallest absolute Gasteiger partial charge is 0.307 e. The van der Waals surface area contributed by atoms with Crippen LogP contribution in [0, 0.1) is 6.92 Å². The van der Waals surface area contributed by atoms with Crippen molar-refractivity contribution in [2.45, 2.75) is 58.0 Å². The van der Waals surface area contributed by atoms with Gasteiger partial charge in [0.1, 0.15) is 11.4 Å². The van der Waals surface area contributed by atoms with E-state index in [0.29, 0.717) is 5.92 Å². The van der Waals surface area contributed by atoms with Gasteiger partial charge >= 0.3 is 5.97 Å². The summed E-state index contributed by atoms with van der Waals surface area (Å²) in [6.07, 6.45) is 2.69. The summed E-state index contributed by atoms with van der Waals surface area (Å²) in [5.74, 6) is 0.265. The monoisotopic (exact) mass is 296 g/mol. The number of halogens is 1. The summed E-state index contributed by atoms with van der Waals surface area (Å²) >= 11 is 6.25. The van der Waals surface area contributed by atoms with E-state index in [4.69, 9.17) is 21.4 Å². The van der Waals surface area contributed by atoms with Crippen molar-refractivity contribution in [2.75, 3.05) is 0 Å². The number of carboxylic acids is 1. The average molecular weight is 297 g/mol. The number of hydrogen-bond donors (Lipinski definition) is 1. The van der Waals surface area contributed by atoms with Gasteiger partial charge in [0.05, 0.1) is 6.42 Å². The summed E-state index contributed by atoms with van der Waals surface area (Å²) in [7, 11) is 0. The molecule has 0 aliphatic heterocycles. The Bertz CT molecular complexity index is 519. The minimum atomic E-state index is -0.805. The van der Waals surface area contributed by atoms with Crippen LogP contribution in [0.15, 0.2) is 12.1 Å². The normalized spacial score (nSPS) is 16.9. The van der Waals surface area contributed by atoms with E-state index >= 15 is 0 Å². The second-order valence-corrected chi connectivity index (χ2v) is 6.41. The van der Waals surface area contributed by atoms with Gasteiger partial charge in [0.2, 0.25) is 0 Å². The molecule has 0 unspecified atom stereocenters. The summed E-state index contributed by atoms with van der Waals surface area (Å²) in [5.41, 5.74) is 1.46. The Hall–Kier alpha value is -1.22. The predicted molar refractivity (Wildman–Crippen MR) is 79.7 cm³/mol. The highest BCUT2D eigenvalue weighted by Crippen LogP contribution is 2.41. The molecule has 0 saturated heterocycles. The standard InChI is InChI=1S/C16H21ClO3/c1-10(2)12-8-14(11(3)7-13(12)17)20-16(5-4-6-16)9-15(18)19/h7-8,10H,4-6,9H2,1-3H3,(H,18,19). The van der Waals surface area contributed by atoms with Gasteiger partial charge in [0, 0.05) is 5.02 Å². The van der Waals surface area contributed by atoms with E-state index in [1.54, 1.807) is 0 Å². The molecule has 3 nitrogen and oxygen atoms in total. The molecule has 0 amide bonds. The largest absolute Gasteiger partial charge is 0.486 e. The highest BCUT2D eigenvalue weighted by atomic mass is 35.5. The summed E-state index contributed by atoms with van der Waals surface area (Å²) < 4.78 is 6.09. The Labute approximate surface area is 124 Å². The third-order valence-corrected chi connectivity index (χ3v) is 4.31. The Kier molecular flexibility index (Phi) is 4.28. The highest BCUT2D eigenvalue weighted by Gasteiger charge is 2.41. The zero-order chi connectivity index (χ0) is 14.9. The summed E-state index contributed by atoms with van der Waals surface area (Å²) in [6.45, 7) is 6.10. The van der Waals surface area contributed by atoms with Gasteiger partial charge in [-0.2, -0.15) is 0 Å². The van der Waals surface area contributed by atoms with E-state index < -0.39 is 11.6 Å². The first-order valence-electron chi connectivity index (χ1n) is 7.04. The molecular formula is C16H21ClO3. The van der Waals surface area contributed by atoms with E-state index in [1.807, 2.05) is 19.1 Å². The zero-order valence-electron chi connectivity index (χ0n) is 12.2. The van der Waals surface area contributed by atoms with E-state index in [1.165, 1.54) is 0 Å². The van der Waals surface area contributed by atoms with E-state index in [2.05, 4.69) is 13.8 Å². The number of carboxylic acid groups (broad SMARTS) is 1. The van der Waals surface area contributed by atoms with Crippen LogP contribution in [0.3, 0.4) is 0 Å². The lowest BCUT2D eigenvalue weighted by Gasteiger charge is -2.41. The van der Waals surface area contributed by atoms with E-state index in [9.17, 15) is 4.79 Å². The number of benzene rings is 1. The van der Waals surface area contributed by atoms with Gasteiger partial charge in [-0.25, -0.2) is 0 Å². The number of carbonyl (C=O) groups is 1. The van der Waals surface area contributed by atoms with Crippen LogP contribution in [0.4, 0.5) is 0 Å². The molecule has 1 saturated carbocycles. The fourth-order valence-corrected chi connectivity index (χ4v) is 3.05. The Morgan fingerprint density at radius 2 is 2.10 bits per heavy atom. The van der Waals surface area contributed by atoms with Crippen LogP contribution in [-0.2, 0) is 4.79 Å². The predicted octanol–water partition coefficient (Wildman–Crippen LogP) is 4.55. The molecule has 0 heterocycles. The average Bonchev–Trinajstić information content (AvgIpc) is 2.28. The molecule has 0 atom stereocenters. The molecule has 1 aromatic rings. The van der Waals surface area contributed by atoms with E-state index in [0.717, 1.165) is 41.2 Å². The molecule has 20 heavy (non-hydrogen) atoms. The van der Waals surface area contributed by atoms with Crippen molar-refractivity contribution in [3.05, 3.63) is 28.3 Å². The van der Waals surface area contributed by atoms with Gasteiger partial charge in [-0.05, 0) is 55.4 Å². The first-order chi connectivity index (χ1) is 9.33. The van der Waals surface area contributed by atoms with Gasteiger partial charge < -0.3 is 9.84 Å². The first-order valence-corrected chi connectivity index (χ1v) is 7.42. The maximum absolute atomic E-state index is 11.0. The quantitative estimate of drug-likeness (QED) is 0.867. The maximum Gasteiger partial charge on any atom is 0.307 e. The van der Waals surface area contributed by atoms with Crippen molar-refractivity contribution in [1.82, 2.24) is 0 Å². The lowest BCUT2D eigenvalue weighted by Crippen LogP contribution is -2.45. The molecule has 0 bridgehead atoms. The molecule has 1 N–H and O–H groups in total. The van der Waals surface area contributed by atoms with Gasteiger partial charge in [0.15, 0.2) is 0 Å². The SMILES string of the molecule is Cc1cc(Cl)c(C(C)C)cc1OC1(CC(=O)O)CCC1. The first kappa shape index (κ1) is 15.2. The minimum Gasteiger partial charge on any atom is -0.486 e. The Balaban J connectivity index is 2.28. The second-order valence-electron chi connectivity index (χ2n) is 6.00. The van der Waals surface area contributed by atoms with Crippen molar-refractivity contribution < 1.29 is 14.6 Å². The molecular weight excluding hydrogens is 276 g/mol. The van der Waals surface area contributed by atoms with Gasteiger partial charge in [-0.1, -0.05) is 25.4 Å². The molecule has 1 aromatic carbocycles. The van der Waals surface area contributed by atoms with Crippen molar-refractivity contribution in [3.63, 3.8) is 0 Å². The molecule has 0 spiro atoms. The fraction of sp³-hybridized carbons (Fsp3) is 0.562. The van der Waals surface area contributed by atoms with Crippen LogP contribution < -0.4 is 4.74 Å². The molecule has 2 rings (SSSR count). The summed E-state index contributed by atoms with van der Waals surface area (Å²) in [6, 6.07) is 3.86. The highest BCUT2D eigenvalue weighted by molar-refractivity contribution is 6.31. The summed E-state index contributed by atoms with van der Waals surface area (Å²) in [4.78, 5) is 11.0. The number of hydrogen-bond acceptors (Lipinski definition) is 2. The molecule has 1 aliphatic carbocycles. The van der Waals surface area contributed by atoms with Crippen LogP contribution in [0.5, 0.6) is 5.75 Å². The van der Waals surface area contributed by atoms with Crippen molar-refractivity contribution in [1.29, 1.82) is 0 Å². The number of aliphatic carboxylic acids is 1. The minimum absolute atomic E-state index is 0.0616. The van der Waals surface area contributed by atoms with Gasteiger partial charge in [0.25, 0.3) is 0 Å². The lowest BCUT2D eigenvalue weighted by atomic mass is 9.77. The molecule has 1 fully saturated rings. The fourth-order valence-electron chi connectivity index (χ4n) is 2.62. The number of ether oxygens (including phenoxy) is 1. The van der Waals surface area contributed by atoms with Gasteiger partial charge in [-0.15, -0.1) is 0 Å². The molecule has 0 aromatic heterocycles. The van der Waals surface area contributed by atoms with E-state index in [-0.39, 0.29) is 6.42 Å². The topological polar surface area (TPSA) is 46.5 Å². The third-order valence-electron chi connectivity index (χ3n) is 3.98. The molecule has 1 aliphatic rings. The Morgan fingerprint density at radius 3 is 2.55 bits per heavy atom. The van der Waals surface area contributed by atoms with Crippen LogP contribution in [0.2, 0.25) is 5.02 Å². The lowest BCUT2D eigenvalue weighted by molar-refractivity contribution is -0.144. The molecule has 0 radical (unpaired) electrons. The van der Waals surface area contributed by atoms with Gasteiger partial charge in [-0.3, -0.25) is 4.79 Å². The molecule has 4 heteroatoms. The van der Waals surface area contributed by atoms with Crippen molar-refractivity contribution in [3.8, 4) is 5.75 Å². The van der Waals surface area contributed by atoms with Crippen LogP contribution >= 0.6 is 11.6 Å². The van der Waals surface area contributed by atoms with Crippen molar-refractivity contribution in [2.24, 2.45) is 0 Å². The van der Waals surface area contributed by atoms with Crippen LogP contribution in [-0.4, -0.2) is 16.7 Å². The second kappa shape index (κ2) is 5.65.